The third-order valence-electron chi connectivity index (χ3n) is 5.76. The van der Waals surface area contributed by atoms with Crippen molar-refractivity contribution < 1.29 is 10.6 Å². The summed E-state index contributed by atoms with van der Waals surface area (Å²) < 4.78 is 15.2. The van der Waals surface area contributed by atoms with E-state index in [0.717, 1.165) is 28.9 Å². The Balaban J connectivity index is 0.00000180. The lowest BCUT2D eigenvalue weighted by molar-refractivity contribution is 0.0579. The Bertz CT molecular complexity index is 981. The molecule has 2 amide bonds. The molecule has 2 aliphatic rings. The average Bonchev–Trinajstić information content (AvgIpc) is 3.24. The molecular weight excluding hydrogens is 335 g/mol. The largest absolute Gasteiger partial charge is 0.345 e. The number of aromatic nitrogens is 4. The number of fused-ring (bicyclic) bond motifs is 3. The number of urea groups is 1. The van der Waals surface area contributed by atoms with Gasteiger partial charge in [0.25, 0.3) is 0 Å². The summed E-state index contributed by atoms with van der Waals surface area (Å²) in [7, 11) is 0. The van der Waals surface area contributed by atoms with Gasteiger partial charge < -0.3 is 14.8 Å². The quantitative estimate of drug-likeness (QED) is 0.727. The third kappa shape index (κ3) is 2.28. The third-order valence-corrected chi connectivity index (χ3v) is 5.76. The van der Waals surface area contributed by atoms with Crippen LogP contribution in [-0.4, -0.2) is 67.5 Å². The molecule has 0 aliphatic carbocycles. The highest BCUT2D eigenvalue weighted by molar-refractivity contribution is 5.76. The van der Waals surface area contributed by atoms with E-state index in [1.165, 1.54) is 0 Å². The van der Waals surface area contributed by atoms with E-state index in [-0.39, 0.29) is 26.5 Å². The molecule has 0 aromatic carbocycles. The maximum absolute atomic E-state index is 13.1. The van der Waals surface area contributed by atoms with Gasteiger partial charge in [0.2, 0.25) is 0 Å². The highest BCUT2D eigenvalue weighted by Gasteiger charge is 2.38. The molecule has 5 heterocycles. The molecule has 26 heavy (non-hydrogen) atoms. The monoisotopic (exact) mass is 358 g/mol. The Hall–Kier alpha value is -2.64. The second-order valence-corrected chi connectivity index (χ2v) is 7.45. The summed E-state index contributed by atoms with van der Waals surface area (Å²) in [5.74, 6) is 1.51. The molecule has 3 aromatic rings. The van der Waals surface area contributed by atoms with Gasteiger partial charge in [0.05, 0.1) is 36.5 Å². The van der Waals surface area contributed by atoms with Gasteiger partial charge in [-0.05, 0) is 18.4 Å². The zero-order valence-corrected chi connectivity index (χ0v) is 14.6. The first-order valence-corrected chi connectivity index (χ1v) is 9.09. The lowest BCUT2D eigenvalue weighted by atomic mass is 9.86. The molecule has 7 nitrogen and oxygen atoms in total. The van der Waals surface area contributed by atoms with Crippen molar-refractivity contribution in [1.82, 2.24) is 29.2 Å². The van der Waals surface area contributed by atoms with E-state index in [2.05, 4.69) is 26.3 Å². The normalized spacial score (nSPS) is 24.4. The predicted molar refractivity (Wildman–Crippen MR) is 96.9 cm³/mol. The van der Waals surface area contributed by atoms with Gasteiger partial charge in [-0.25, -0.2) is 19.2 Å². The minimum Gasteiger partial charge on any atom is -0.345 e. The number of amides is 2. The first kappa shape index (κ1) is 15.6. The average molecular weight is 358 g/mol. The summed E-state index contributed by atoms with van der Waals surface area (Å²) in [5.41, 5.74) is 2.77. The van der Waals surface area contributed by atoms with Crippen LogP contribution in [0.4, 0.5) is 9.18 Å². The van der Waals surface area contributed by atoms with Crippen molar-refractivity contribution in [3.63, 3.8) is 0 Å². The number of nitrogens with one attached hydrogen (secondary N) is 1. The van der Waals surface area contributed by atoms with Crippen molar-refractivity contribution in [2.45, 2.75) is 25.4 Å². The summed E-state index contributed by atoms with van der Waals surface area (Å²) in [6, 6.07) is 1.95. The molecule has 0 unspecified atom stereocenters. The minimum absolute atomic E-state index is 0. The summed E-state index contributed by atoms with van der Waals surface area (Å²) >= 11 is 0. The van der Waals surface area contributed by atoms with Crippen molar-refractivity contribution in [3.8, 4) is 0 Å². The van der Waals surface area contributed by atoms with Crippen LogP contribution in [0.15, 0.2) is 24.7 Å². The van der Waals surface area contributed by atoms with Crippen LogP contribution in [-0.2, 0) is 0 Å². The van der Waals surface area contributed by atoms with Crippen molar-refractivity contribution in [2.24, 2.45) is 5.92 Å². The van der Waals surface area contributed by atoms with Gasteiger partial charge in [0, 0.05) is 26.6 Å². The summed E-state index contributed by atoms with van der Waals surface area (Å²) in [6.07, 6.45) is 5.57. The molecule has 0 radical (unpaired) electrons. The zero-order valence-electron chi connectivity index (χ0n) is 14.6. The number of hydrogen-bond donors (Lipinski definition) is 1. The maximum Gasteiger partial charge on any atom is 0.320 e. The Labute approximate surface area is 151 Å². The highest BCUT2D eigenvalue weighted by Crippen LogP contribution is 2.33. The number of rotatable bonds is 1. The van der Waals surface area contributed by atoms with Crippen molar-refractivity contribution in [1.29, 1.82) is 0 Å². The molecule has 8 heteroatoms. The predicted octanol–water partition coefficient (Wildman–Crippen LogP) is 2.66. The van der Waals surface area contributed by atoms with Crippen LogP contribution in [0.2, 0.25) is 0 Å². The number of nitrogens with zero attached hydrogens (tertiary/aromatic N) is 5. The lowest BCUT2D eigenvalue weighted by Crippen LogP contribution is -2.58. The van der Waals surface area contributed by atoms with Crippen LogP contribution < -0.4 is 0 Å². The van der Waals surface area contributed by atoms with Gasteiger partial charge in [-0.3, -0.25) is 4.40 Å². The van der Waals surface area contributed by atoms with Gasteiger partial charge in [0.15, 0.2) is 5.65 Å². The fraction of sp³-hybridized carbons (Fsp3) is 0.500. The second kappa shape index (κ2) is 5.69. The van der Waals surface area contributed by atoms with Crippen LogP contribution in [0.1, 0.15) is 26.5 Å². The molecule has 2 aliphatic heterocycles. The molecule has 0 bridgehead atoms. The van der Waals surface area contributed by atoms with E-state index < -0.39 is 6.17 Å². The number of piperidine rings is 1. The van der Waals surface area contributed by atoms with Crippen LogP contribution in [0, 0.1) is 5.92 Å². The van der Waals surface area contributed by atoms with E-state index >= 15 is 0 Å². The van der Waals surface area contributed by atoms with E-state index in [0.29, 0.717) is 19.0 Å². The Morgan fingerprint density at radius 2 is 2.08 bits per heavy atom. The van der Waals surface area contributed by atoms with Crippen LogP contribution in [0.3, 0.4) is 0 Å². The molecule has 2 fully saturated rings. The molecule has 5 rings (SSSR count). The van der Waals surface area contributed by atoms with Crippen LogP contribution >= 0.6 is 0 Å². The molecule has 2 saturated heterocycles. The highest BCUT2D eigenvalue weighted by atomic mass is 19.1. The van der Waals surface area contributed by atoms with E-state index in [1.807, 2.05) is 29.6 Å². The lowest BCUT2D eigenvalue weighted by Gasteiger charge is -2.42. The first-order chi connectivity index (χ1) is 12.6. The van der Waals surface area contributed by atoms with E-state index in [4.69, 9.17) is 0 Å². The van der Waals surface area contributed by atoms with Crippen molar-refractivity contribution in [3.05, 3.63) is 30.5 Å². The SMILES string of the molecule is C[C@@H]1CCN(C(=O)N2CC(F)C2)C[C@@H]1c1ncc2cnc3[nH]ccc3n12.[HH]. The van der Waals surface area contributed by atoms with Gasteiger partial charge in [-0.15, -0.1) is 0 Å². The van der Waals surface area contributed by atoms with Crippen LogP contribution in [0.5, 0.6) is 0 Å². The Kier molecular flexibility index (Phi) is 3.41. The van der Waals surface area contributed by atoms with Crippen molar-refractivity contribution in [2.75, 3.05) is 26.2 Å². The fourth-order valence-electron chi connectivity index (χ4n) is 4.12. The number of hydrogen-bond acceptors (Lipinski definition) is 3. The summed E-state index contributed by atoms with van der Waals surface area (Å²) in [4.78, 5) is 28.3. The molecule has 0 spiro atoms. The van der Waals surface area contributed by atoms with Crippen LogP contribution in [0.25, 0.3) is 16.7 Å². The van der Waals surface area contributed by atoms with Gasteiger partial charge in [-0.2, -0.15) is 0 Å². The number of alkyl halides is 1. The van der Waals surface area contributed by atoms with E-state index in [1.54, 1.807) is 4.90 Å². The number of likely N-dealkylation sites (tertiary alicyclic amines) is 2. The molecule has 1 N–H and O–H groups in total. The van der Waals surface area contributed by atoms with Gasteiger partial charge in [-0.1, -0.05) is 6.92 Å². The van der Waals surface area contributed by atoms with Gasteiger partial charge >= 0.3 is 6.03 Å². The zero-order chi connectivity index (χ0) is 17.8. The van der Waals surface area contributed by atoms with Gasteiger partial charge in [0.1, 0.15) is 12.0 Å². The smallest absolute Gasteiger partial charge is 0.320 e. The molecule has 2 atom stereocenters. The molecule has 0 saturated carbocycles. The number of imidazole rings is 1. The number of halogens is 1. The van der Waals surface area contributed by atoms with Crippen molar-refractivity contribution >= 4 is 22.7 Å². The molecule has 138 valence electrons. The summed E-state index contributed by atoms with van der Waals surface area (Å²) in [5, 5.41) is 0. The minimum atomic E-state index is -0.871. The number of aromatic amines is 1. The fourth-order valence-corrected chi connectivity index (χ4v) is 4.12. The Morgan fingerprint density at radius 3 is 2.88 bits per heavy atom. The number of carbonyl (C=O) groups excluding carboxylic acids is 1. The summed E-state index contributed by atoms with van der Waals surface area (Å²) in [6.45, 7) is 3.98. The topological polar surface area (TPSA) is 69.5 Å². The number of H-pyrrole nitrogens is 1. The first-order valence-electron chi connectivity index (χ1n) is 9.09. The maximum atomic E-state index is 13.1. The number of carbonyl (C=O) groups is 1. The molecular formula is C18H23FN6O. The Morgan fingerprint density at radius 1 is 1.27 bits per heavy atom. The molecule has 3 aromatic heterocycles. The standard InChI is InChI=1S/C18H21FN6O.H2/c1-11-3-5-23(18(26)24-8-12(19)9-24)10-14(11)17-22-7-13-6-21-16-15(25(13)17)2-4-20-16;/h2,4,6-7,11-12,14,20H,3,5,8-10H2,1H3;1H/t11-,14+;/m1./s1. The van der Waals surface area contributed by atoms with E-state index in [9.17, 15) is 9.18 Å². The second-order valence-electron chi connectivity index (χ2n) is 7.45.